The van der Waals surface area contributed by atoms with Crippen LogP contribution in [0.5, 0.6) is 0 Å². The Balaban J connectivity index is 1.25. The number of aromatic nitrogens is 1. The summed E-state index contributed by atoms with van der Waals surface area (Å²) in [5.41, 5.74) is 1.96. The molecule has 3 N–H and O–H groups in total. The number of methoxy groups -OCH3 is 1. The number of nitrogens with one attached hydrogen (secondary N) is 3. The molecule has 7 nitrogen and oxygen atoms in total. The van der Waals surface area contributed by atoms with E-state index in [-0.39, 0.29) is 24.0 Å². The molecule has 2 aromatic rings. The summed E-state index contributed by atoms with van der Waals surface area (Å²) >= 11 is 1.92. The Labute approximate surface area is 174 Å². The van der Waals surface area contributed by atoms with Crippen molar-refractivity contribution in [1.29, 1.82) is 0 Å². The number of hydrogen-bond acceptors (Lipinski definition) is 4. The molecule has 2 aliphatic rings. The summed E-state index contributed by atoms with van der Waals surface area (Å²) in [5, 5.41) is 10.6. The second-order valence-corrected chi connectivity index (χ2v) is 8.93. The van der Waals surface area contributed by atoms with Gasteiger partial charge in [0.2, 0.25) is 5.91 Å². The van der Waals surface area contributed by atoms with Crippen LogP contribution in [0.4, 0.5) is 10.5 Å². The number of ether oxygens (including phenoxy) is 1. The number of rotatable bonds is 9. The highest BCUT2D eigenvalue weighted by atomic mass is 32.2. The van der Waals surface area contributed by atoms with E-state index in [0.29, 0.717) is 18.3 Å². The van der Waals surface area contributed by atoms with Gasteiger partial charge >= 0.3 is 6.03 Å². The van der Waals surface area contributed by atoms with Crippen molar-refractivity contribution in [3.05, 3.63) is 30.5 Å². The van der Waals surface area contributed by atoms with E-state index in [9.17, 15) is 9.59 Å². The molecule has 2 aliphatic heterocycles. The number of hydrogen-bond donors (Lipinski definition) is 3. The molecule has 8 heteroatoms. The lowest BCUT2D eigenvalue weighted by molar-refractivity contribution is -0.116. The molecular formula is C21H28N4O3S. The van der Waals surface area contributed by atoms with Gasteiger partial charge in [0.05, 0.1) is 29.9 Å². The predicted molar refractivity (Wildman–Crippen MR) is 116 cm³/mol. The summed E-state index contributed by atoms with van der Waals surface area (Å²) < 4.78 is 7.30. The van der Waals surface area contributed by atoms with Gasteiger partial charge in [-0.1, -0.05) is 12.5 Å². The summed E-state index contributed by atoms with van der Waals surface area (Å²) in [6.45, 7) is 1.44. The molecule has 0 bridgehead atoms. The van der Waals surface area contributed by atoms with Crippen LogP contribution in [-0.2, 0) is 16.1 Å². The maximum Gasteiger partial charge on any atom is 0.315 e. The Morgan fingerprint density at radius 1 is 1.31 bits per heavy atom. The Morgan fingerprint density at radius 3 is 3.07 bits per heavy atom. The van der Waals surface area contributed by atoms with Gasteiger partial charge in [0.1, 0.15) is 0 Å². The maximum absolute atomic E-state index is 12.4. The molecule has 1 aromatic heterocycles. The standard InChI is InChI=1S/C21H28N4O3S/c1-28-12-11-25-10-9-14-15(5-4-6-17(14)25)22-19(26)8-3-2-7-18-20-16(13-29-18)23-21(27)24-20/h4-6,9-10,16,18,20H,2-3,7-8,11-13H2,1H3,(H,22,26)(H2,23,24,27). The van der Waals surface area contributed by atoms with Crippen LogP contribution in [0.1, 0.15) is 25.7 Å². The van der Waals surface area contributed by atoms with Gasteiger partial charge in [-0.05, 0) is 31.0 Å². The number of unbranched alkanes of at least 4 members (excludes halogenated alkanes) is 1. The number of carbonyl (C=O) groups excluding carboxylic acids is 2. The van der Waals surface area contributed by atoms with Crippen molar-refractivity contribution in [2.45, 2.75) is 49.6 Å². The topological polar surface area (TPSA) is 84.4 Å². The van der Waals surface area contributed by atoms with Crippen LogP contribution >= 0.6 is 11.8 Å². The fourth-order valence-electron chi connectivity index (χ4n) is 4.20. The molecule has 3 amide bonds. The molecule has 3 heterocycles. The first kappa shape index (κ1) is 20.1. The Morgan fingerprint density at radius 2 is 2.21 bits per heavy atom. The highest BCUT2D eigenvalue weighted by Crippen LogP contribution is 2.33. The van der Waals surface area contributed by atoms with Crippen LogP contribution in [0.3, 0.4) is 0 Å². The minimum atomic E-state index is -0.0464. The van der Waals surface area contributed by atoms with Gasteiger partial charge in [0, 0.05) is 42.7 Å². The molecule has 0 spiro atoms. The Hall–Kier alpha value is -2.19. The second-order valence-electron chi connectivity index (χ2n) is 7.66. The lowest BCUT2D eigenvalue weighted by Gasteiger charge is -2.16. The maximum atomic E-state index is 12.4. The van der Waals surface area contributed by atoms with Gasteiger partial charge in [-0.25, -0.2) is 4.79 Å². The fourth-order valence-corrected chi connectivity index (χ4v) is 5.75. The first-order valence-corrected chi connectivity index (χ1v) is 11.3. The smallest absolute Gasteiger partial charge is 0.315 e. The Bertz CT molecular complexity index is 884. The summed E-state index contributed by atoms with van der Waals surface area (Å²) in [6.07, 6.45) is 5.41. The van der Waals surface area contributed by atoms with Crippen LogP contribution in [0.15, 0.2) is 30.5 Å². The zero-order chi connectivity index (χ0) is 20.2. The normalized spacial score (nSPS) is 23.1. The Kier molecular flexibility index (Phi) is 6.30. The highest BCUT2D eigenvalue weighted by Gasteiger charge is 2.42. The van der Waals surface area contributed by atoms with Gasteiger partial charge in [0.15, 0.2) is 0 Å². The number of amides is 3. The van der Waals surface area contributed by atoms with Crippen LogP contribution in [0.25, 0.3) is 10.9 Å². The van der Waals surface area contributed by atoms with Crippen molar-refractivity contribution in [3.63, 3.8) is 0 Å². The predicted octanol–water partition coefficient (Wildman–Crippen LogP) is 2.95. The van der Waals surface area contributed by atoms with Crippen LogP contribution in [-0.4, -0.2) is 53.3 Å². The first-order chi connectivity index (χ1) is 14.2. The molecule has 0 radical (unpaired) electrons. The fraction of sp³-hybridized carbons (Fsp3) is 0.524. The first-order valence-electron chi connectivity index (χ1n) is 10.2. The third-order valence-electron chi connectivity index (χ3n) is 5.70. The highest BCUT2D eigenvalue weighted by molar-refractivity contribution is 8.00. The van der Waals surface area contributed by atoms with Crippen molar-refractivity contribution in [3.8, 4) is 0 Å². The average Bonchev–Trinajstić information content (AvgIpc) is 3.38. The van der Waals surface area contributed by atoms with E-state index in [0.717, 1.165) is 48.2 Å². The molecule has 3 unspecified atom stereocenters. The number of thioether (sulfide) groups is 1. The average molecular weight is 417 g/mol. The number of urea groups is 1. The number of fused-ring (bicyclic) bond motifs is 2. The number of nitrogens with zero attached hydrogens (tertiary/aromatic N) is 1. The number of carbonyl (C=O) groups is 2. The largest absolute Gasteiger partial charge is 0.383 e. The zero-order valence-electron chi connectivity index (χ0n) is 16.6. The lowest BCUT2D eigenvalue weighted by Crippen LogP contribution is -2.36. The molecule has 1 aromatic carbocycles. The molecule has 156 valence electrons. The van der Waals surface area contributed by atoms with Gasteiger partial charge in [-0.2, -0.15) is 11.8 Å². The van der Waals surface area contributed by atoms with Gasteiger partial charge in [-0.3, -0.25) is 4.79 Å². The monoisotopic (exact) mass is 416 g/mol. The van der Waals surface area contributed by atoms with Gasteiger partial charge in [-0.15, -0.1) is 0 Å². The van der Waals surface area contributed by atoms with E-state index < -0.39 is 0 Å². The molecule has 2 saturated heterocycles. The van der Waals surface area contributed by atoms with E-state index in [1.807, 2.05) is 36.2 Å². The third kappa shape index (κ3) is 4.53. The van der Waals surface area contributed by atoms with E-state index in [1.54, 1.807) is 7.11 Å². The molecule has 2 fully saturated rings. The van der Waals surface area contributed by atoms with E-state index in [1.165, 1.54) is 0 Å². The third-order valence-corrected chi connectivity index (χ3v) is 7.21. The van der Waals surface area contributed by atoms with Crippen molar-refractivity contribution in [1.82, 2.24) is 15.2 Å². The summed E-state index contributed by atoms with van der Waals surface area (Å²) in [4.78, 5) is 23.9. The zero-order valence-corrected chi connectivity index (χ0v) is 17.5. The molecule has 4 rings (SSSR count). The SMILES string of the molecule is COCCn1ccc2c(NC(=O)CCCCC3SCC4NC(=O)NC43)cccc21. The van der Waals surface area contributed by atoms with Crippen LogP contribution in [0.2, 0.25) is 0 Å². The van der Waals surface area contributed by atoms with Crippen molar-refractivity contribution < 1.29 is 14.3 Å². The van der Waals surface area contributed by atoms with E-state index in [2.05, 4.69) is 26.6 Å². The summed E-state index contributed by atoms with van der Waals surface area (Å²) in [6, 6.07) is 8.47. The minimum Gasteiger partial charge on any atom is -0.383 e. The molecule has 0 aliphatic carbocycles. The van der Waals surface area contributed by atoms with Crippen LogP contribution < -0.4 is 16.0 Å². The molecule has 29 heavy (non-hydrogen) atoms. The number of benzene rings is 1. The molecule has 3 atom stereocenters. The molecular weight excluding hydrogens is 388 g/mol. The van der Waals surface area contributed by atoms with E-state index in [4.69, 9.17) is 4.74 Å². The second kappa shape index (κ2) is 9.09. The lowest BCUT2D eigenvalue weighted by atomic mass is 10.0. The van der Waals surface area contributed by atoms with Gasteiger partial charge < -0.3 is 25.3 Å². The number of anilines is 1. The quantitative estimate of drug-likeness (QED) is 0.433. The van der Waals surface area contributed by atoms with Crippen molar-refractivity contribution in [2.75, 3.05) is 24.8 Å². The van der Waals surface area contributed by atoms with Gasteiger partial charge in [0.25, 0.3) is 0 Å². The van der Waals surface area contributed by atoms with Crippen molar-refractivity contribution in [2.24, 2.45) is 0 Å². The summed E-state index contributed by atoms with van der Waals surface area (Å²) in [7, 11) is 1.70. The van der Waals surface area contributed by atoms with Crippen molar-refractivity contribution >= 4 is 40.3 Å². The molecule has 0 saturated carbocycles. The summed E-state index contributed by atoms with van der Waals surface area (Å²) in [5.74, 6) is 1.03. The van der Waals surface area contributed by atoms with E-state index >= 15 is 0 Å². The minimum absolute atomic E-state index is 0.0464. The van der Waals surface area contributed by atoms with Crippen LogP contribution in [0, 0.1) is 0 Å².